The molecule has 2 rings (SSSR count). The van der Waals surface area contributed by atoms with Gasteiger partial charge in [-0.2, -0.15) is 0 Å². The van der Waals surface area contributed by atoms with Crippen molar-refractivity contribution in [3.05, 3.63) is 24.3 Å². The third-order valence-corrected chi connectivity index (χ3v) is 2.76. The number of nitrogens with two attached hydrogens (primary N) is 1. The van der Waals surface area contributed by atoms with E-state index in [2.05, 4.69) is 16.0 Å². The molecule has 96 valence electrons. The van der Waals surface area contributed by atoms with Gasteiger partial charge in [0.25, 0.3) is 0 Å². The molecule has 6 nitrogen and oxygen atoms in total. The lowest BCUT2D eigenvalue weighted by Crippen LogP contribution is -2.40. The van der Waals surface area contributed by atoms with E-state index >= 15 is 0 Å². The number of carbonyl (C=O) groups is 2. The van der Waals surface area contributed by atoms with Crippen molar-refractivity contribution in [2.24, 2.45) is 0 Å². The molecule has 0 aliphatic carbocycles. The Bertz CT molecular complexity index is 444. The molecule has 0 spiro atoms. The summed E-state index contributed by atoms with van der Waals surface area (Å²) < 4.78 is 0. The van der Waals surface area contributed by atoms with Gasteiger partial charge in [0, 0.05) is 30.4 Å². The molecule has 0 bridgehead atoms. The minimum atomic E-state index is -0.291. The van der Waals surface area contributed by atoms with Crippen molar-refractivity contribution >= 4 is 23.3 Å². The van der Waals surface area contributed by atoms with Crippen LogP contribution in [0.25, 0.3) is 0 Å². The first-order chi connectivity index (χ1) is 8.63. The SMILES string of the molecule is Nc1ccc(NC(=O)NCC2CCC(=O)N2)cc1. The fourth-order valence-corrected chi connectivity index (χ4v) is 1.79. The van der Waals surface area contributed by atoms with Gasteiger partial charge in [-0.15, -0.1) is 0 Å². The first-order valence-electron chi connectivity index (χ1n) is 5.83. The Morgan fingerprint density at radius 1 is 1.39 bits per heavy atom. The standard InChI is InChI=1S/C12H16N4O2/c13-8-1-3-9(4-2-8)16-12(18)14-7-10-5-6-11(17)15-10/h1-4,10H,5-7,13H2,(H,15,17)(H2,14,16,18). The average molecular weight is 248 g/mol. The van der Waals surface area contributed by atoms with Gasteiger partial charge in [-0.1, -0.05) is 0 Å². The van der Waals surface area contributed by atoms with Crippen molar-refractivity contribution in [1.82, 2.24) is 10.6 Å². The monoisotopic (exact) mass is 248 g/mol. The van der Waals surface area contributed by atoms with Crippen molar-refractivity contribution in [1.29, 1.82) is 0 Å². The number of hydrogen-bond donors (Lipinski definition) is 4. The summed E-state index contributed by atoms with van der Waals surface area (Å²) in [5, 5.41) is 8.18. The Labute approximate surface area is 105 Å². The molecule has 1 aromatic rings. The molecule has 1 unspecified atom stereocenters. The molecular formula is C12H16N4O2. The van der Waals surface area contributed by atoms with E-state index in [9.17, 15) is 9.59 Å². The van der Waals surface area contributed by atoms with Crippen LogP contribution in [0.5, 0.6) is 0 Å². The maximum Gasteiger partial charge on any atom is 0.319 e. The molecule has 0 saturated carbocycles. The molecule has 1 atom stereocenters. The molecule has 1 heterocycles. The topological polar surface area (TPSA) is 96.2 Å². The Kier molecular flexibility index (Phi) is 3.66. The Hall–Kier alpha value is -2.24. The number of nitrogen functional groups attached to an aromatic ring is 1. The number of nitrogens with one attached hydrogen (secondary N) is 3. The Morgan fingerprint density at radius 3 is 2.72 bits per heavy atom. The van der Waals surface area contributed by atoms with Crippen LogP contribution < -0.4 is 21.7 Å². The Morgan fingerprint density at radius 2 is 2.11 bits per heavy atom. The summed E-state index contributed by atoms with van der Waals surface area (Å²) in [6.07, 6.45) is 1.30. The number of anilines is 2. The number of hydrogen-bond acceptors (Lipinski definition) is 3. The number of amides is 3. The smallest absolute Gasteiger partial charge is 0.319 e. The van der Waals surface area contributed by atoms with Gasteiger partial charge in [-0.3, -0.25) is 4.79 Å². The quantitative estimate of drug-likeness (QED) is 0.592. The number of urea groups is 1. The predicted molar refractivity (Wildman–Crippen MR) is 69.0 cm³/mol. The number of benzene rings is 1. The van der Waals surface area contributed by atoms with Crippen LogP contribution in [-0.2, 0) is 4.79 Å². The summed E-state index contributed by atoms with van der Waals surface area (Å²) in [6.45, 7) is 0.437. The second-order valence-electron chi connectivity index (χ2n) is 4.26. The molecule has 1 aliphatic heterocycles. The van der Waals surface area contributed by atoms with Gasteiger partial charge in [0.1, 0.15) is 0 Å². The number of carbonyl (C=O) groups excluding carboxylic acids is 2. The summed E-state index contributed by atoms with van der Waals surface area (Å²) in [6, 6.07) is 6.63. The lowest BCUT2D eigenvalue weighted by molar-refractivity contribution is -0.119. The highest BCUT2D eigenvalue weighted by Gasteiger charge is 2.20. The van der Waals surface area contributed by atoms with Gasteiger partial charge in [0.2, 0.25) is 5.91 Å². The first kappa shape index (κ1) is 12.2. The Balaban J connectivity index is 1.75. The predicted octanol–water partition coefficient (Wildman–Crippen LogP) is 0.669. The average Bonchev–Trinajstić information content (AvgIpc) is 2.76. The molecule has 1 saturated heterocycles. The van der Waals surface area contributed by atoms with Crippen molar-refractivity contribution < 1.29 is 9.59 Å². The van der Waals surface area contributed by atoms with Gasteiger partial charge in [-0.25, -0.2) is 4.79 Å². The van der Waals surface area contributed by atoms with Crippen LogP contribution in [0.3, 0.4) is 0 Å². The minimum Gasteiger partial charge on any atom is -0.399 e. The summed E-state index contributed by atoms with van der Waals surface area (Å²) in [5.74, 6) is 0.0424. The highest BCUT2D eigenvalue weighted by molar-refractivity contribution is 5.89. The van der Waals surface area contributed by atoms with E-state index in [4.69, 9.17) is 5.73 Å². The first-order valence-corrected chi connectivity index (χ1v) is 5.83. The highest BCUT2D eigenvalue weighted by Crippen LogP contribution is 2.10. The van der Waals surface area contributed by atoms with E-state index < -0.39 is 0 Å². The molecular weight excluding hydrogens is 232 g/mol. The third kappa shape index (κ3) is 3.38. The second kappa shape index (κ2) is 5.39. The maximum atomic E-state index is 11.6. The minimum absolute atomic E-state index is 0.0367. The van der Waals surface area contributed by atoms with Crippen LogP contribution in [0.4, 0.5) is 16.2 Å². The van der Waals surface area contributed by atoms with Crippen molar-refractivity contribution in [3.8, 4) is 0 Å². The van der Waals surface area contributed by atoms with E-state index in [0.717, 1.165) is 6.42 Å². The van der Waals surface area contributed by atoms with Crippen LogP contribution >= 0.6 is 0 Å². The molecule has 3 amide bonds. The highest BCUT2D eigenvalue weighted by atomic mass is 16.2. The van der Waals surface area contributed by atoms with E-state index in [-0.39, 0.29) is 18.0 Å². The van der Waals surface area contributed by atoms with Crippen LogP contribution in [0.2, 0.25) is 0 Å². The summed E-state index contributed by atoms with van der Waals surface area (Å²) in [7, 11) is 0. The molecule has 0 radical (unpaired) electrons. The molecule has 6 heteroatoms. The maximum absolute atomic E-state index is 11.6. The van der Waals surface area contributed by atoms with E-state index in [1.807, 2.05) is 0 Å². The van der Waals surface area contributed by atoms with Crippen LogP contribution in [0, 0.1) is 0 Å². The normalized spacial score (nSPS) is 18.2. The van der Waals surface area contributed by atoms with Gasteiger partial charge in [0.15, 0.2) is 0 Å². The number of rotatable bonds is 3. The van der Waals surface area contributed by atoms with Crippen LogP contribution in [0.1, 0.15) is 12.8 Å². The van der Waals surface area contributed by atoms with Gasteiger partial charge < -0.3 is 21.7 Å². The molecule has 5 N–H and O–H groups in total. The van der Waals surface area contributed by atoms with Crippen LogP contribution in [-0.4, -0.2) is 24.5 Å². The summed E-state index contributed by atoms with van der Waals surface area (Å²) in [4.78, 5) is 22.5. The van der Waals surface area contributed by atoms with Crippen molar-refractivity contribution in [2.75, 3.05) is 17.6 Å². The van der Waals surface area contributed by atoms with Gasteiger partial charge in [0.05, 0.1) is 0 Å². The molecule has 0 aromatic heterocycles. The van der Waals surface area contributed by atoms with Gasteiger partial charge in [-0.05, 0) is 30.7 Å². The second-order valence-corrected chi connectivity index (χ2v) is 4.26. The summed E-state index contributed by atoms with van der Waals surface area (Å²) in [5.41, 5.74) is 6.87. The fourth-order valence-electron chi connectivity index (χ4n) is 1.79. The fraction of sp³-hybridized carbons (Fsp3) is 0.333. The summed E-state index contributed by atoms with van der Waals surface area (Å²) >= 11 is 0. The molecule has 1 aromatic carbocycles. The van der Waals surface area contributed by atoms with Gasteiger partial charge >= 0.3 is 6.03 Å². The van der Waals surface area contributed by atoms with Crippen molar-refractivity contribution in [3.63, 3.8) is 0 Å². The van der Waals surface area contributed by atoms with Crippen LogP contribution in [0.15, 0.2) is 24.3 Å². The zero-order valence-corrected chi connectivity index (χ0v) is 9.90. The lowest BCUT2D eigenvalue weighted by Gasteiger charge is -2.12. The van der Waals surface area contributed by atoms with E-state index in [1.165, 1.54) is 0 Å². The largest absolute Gasteiger partial charge is 0.399 e. The molecule has 1 fully saturated rings. The lowest BCUT2D eigenvalue weighted by atomic mass is 10.2. The van der Waals surface area contributed by atoms with Crippen molar-refractivity contribution in [2.45, 2.75) is 18.9 Å². The molecule has 18 heavy (non-hydrogen) atoms. The molecule has 1 aliphatic rings. The van der Waals surface area contributed by atoms with E-state index in [1.54, 1.807) is 24.3 Å². The zero-order valence-electron chi connectivity index (χ0n) is 9.90. The van der Waals surface area contributed by atoms with E-state index in [0.29, 0.717) is 24.3 Å². The zero-order chi connectivity index (χ0) is 13.0. The third-order valence-electron chi connectivity index (χ3n) is 2.76.